The average Bonchev–Trinajstić information content (AvgIpc) is 2.12. The number of hydrogen-bond acceptors (Lipinski definition) is 3. The fourth-order valence-corrected chi connectivity index (χ4v) is 0.446. The molecule has 0 aromatic carbocycles. The lowest BCUT2D eigenvalue weighted by Gasteiger charge is -1.88. The van der Waals surface area contributed by atoms with Crippen LogP contribution >= 0.6 is 11.6 Å². The molecule has 1 aromatic heterocycles. The number of hydrogen-bond donors (Lipinski definition) is 0. The van der Waals surface area contributed by atoms with Crippen molar-refractivity contribution in [2.24, 2.45) is 0 Å². The van der Waals surface area contributed by atoms with E-state index in [2.05, 4.69) is 14.9 Å². The van der Waals surface area contributed by atoms with Crippen LogP contribution in [0.15, 0.2) is 10.7 Å². The minimum atomic E-state index is -0.134. The van der Waals surface area contributed by atoms with Gasteiger partial charge < -0.3 is 4.52 Å². The second-order valence-corrected chi connectivity index (χ2v) is 2.09. The molecule has 8 heavy (non-hydrogen) atoms. The molecule has 0 saturated carbocycles. The van der Waals surface area contributed by atoms with Crippen molar-refractivity contribution < 1.29 is 4.52 Å². The van der Waals surface area contributed by atoms with Crippen LogP contribution in [0, 0.1) is 0 Å². The SMILES string of the molecule is CC(Cl)c1cnno1. The van der Waals surface area contributed by atoms with Gasteiger partial charge >= 0.3 is 0 Å². The van der Waals surface area contributed by atoms with Gasteiger partial charge in [-0.2, -0.15) is 0 Å². The first-order valence-corrected chi connectivity index (χ1v) is 2.65. The van der Waals surface area contributed by atoms with Gasteiger partial charge in [0.1, 0.15) is 0 Å². The largest absolute Gasteiger partial charge is 0.341 e. The Kier molecular flexibility index (Phi) is 1.48. The molecular formula is C4H5ClN2O. The maximum Gasteiger partial charge on any atom is 0.174 e. The van der Waals surface area contributed by atoms with Crippen LogP contribution in [0.2, 0.25) is 0 Å². The summed E-state index contributed by atoms with van der Waals surface area (Å²) in [6, 6.07) is 0. The molecule has 0 fully saturated rings. The molecule has 1 rings (SSSR count). The molecule has 44 valence electrons. The van der Waals surface area contributed by atoms with E-state index < -0.39 is 0 Å². The van der Waals surface area contributed by atoms with E-state index in [1.807, 2.05) is 0 Å². The highest BCUT2D eigenvalue weighted by Crippen LogP contribution is 2.15. The van der Waals surface area contributed by atoms with Crippen LogP contribution in [0.5, 0.6) is 0 Å². The molecule has 0 aliphatic carbocycles. The number of alkyl halides is 1. The highest BCUT2D eigenvalue weighted by Gasteiger charge is 2.03. The molecule has 3 nitrogen and oxygen atoms in total. The van der Waals surface area contributed by atoms with Crippen LogP contribution in [0.1, 0.15) is 18.1 Å². The van der Waals surface area contributed by atoms with Gasteiger partial charge in [0.2, 0.25) is 0 Å². The minimum Gasteiger partial charge on any atom is -0.341 e. The van der Waals surface area contributed by atoms with Crippen molar-refractivity contribution in [2.45, 2.75) is 12.3 Å². The molecule has 0 N–H and O–H groups in total. The molecular weight excluding hydrogens is 128 g/mol. The predicted octanol–water partition coefficient (Wildman–Crippen LogP) is 1.37. The summed E-state index contributed by atoms with van der Waals surface area (Å²) in [6.07, 6.45) is 1.50. The Labute approximate surface area is 51.6 Å². The Balaban J connectivity index is 2.77. The molecule has 0 aliphatic heterocycles. The third-order valence-electron chi connectivity index (χ3n) is 0.770. The molecule has 1 aromatic rings. The zero-order valence-electron chi connectivity index (χ0n) is 4.34. The molecule has 4 heteroatoms. The van der Waals surface area contributed by atoms with Gasteiger partial charge in [-0.1, -0.05) is 0 Å². The van der Waals surface area contributed by atoms with Gasteiger partial charge in [0.15, 0.2) is 5.76 Å². The lowest BCUT2D eigenvalue weighted by Crippen LogP contribution is -1.75. The van der Waals surface area contributed by atoms with Gasteiger partial charge in [0, 0.05) is 5.27 Å². The van der Waals surface area contributed by atoms with Crippen molar-refractivity contribution in [3.05, 3.63) is 12.0 Å². The van der Waals surface area contributed by atoms with Crippen LogP contribution in [0.25, 0.3) is 0 Å². The third kappa shape index (κ3) is 0.980. The quantitative estimate of drug-likeness (QED) is 0.542. The molecule has 0 saturated heterocycles. The molecule has 1 heterocycles. The van der Waals surface area contributed by atoms with Crippen molar-refractivity contribution in [1.82, 2.24) is 10.4 Å². The topological polar surface area (TPSA) is 38.9 Å². The number of nitrogens with zero attached hydrogens (tertiary/aromatic N) is 2. The van der Waals surface area contributed by atoms with E-state index in [9.17, 15) is 0 Å². The Morgan fingerprint density at radius 2 is 2.62 bits per heavy atom. The maximum atomic E-state index is 5.57. The van der Waals surface area contributed by atoms with Crippen molar-refractivity contribution >= 4 is 11.6 Å². The normalized spacial score (nSPS) is 13.8. The van der Waals surface area contributed by atoms with Crippen molar-refractivity contribution in [2.75, 3.05) is 0 Å². The van der Waals surface area contributed by atoms with E-state index in [0.717, 1.165) is 0 Å². The minimum absolute atomic E-state index is 0.134. The van der Waals surface area contributed by atoms with Gasteiger partial charge in [0.25, 0.3) is 0 Å². The molecule has 0 bridgehead atoms. The van der Waals surface area contributed by atoms with E-state index in [1.54, 1.807) is 6.92 Å². The summed E-state index contributed by atoms with van der Waals surface area (Å²) in [5, 5.41) is 6.54. The average molecular weight is 133 g/mol. The van der Waals surface area contributed by atoms with Gasteiger partial charge in [-0.15, -0.1) is 16.7 Å². The molecule has 0 aliphatic rings. The van der Waals surface area contributed by atoms with E-state index in [4.69, 9.17) is 11.6 Å². The zero-order chi connectivity index (χ0) is 5.98. The van der Waals surface area contributed by atoms with E-state index in [1.165, 1.54) is 6.20 Å². The fourth-order valence-electron chi connectivity index (χ4n) is 0.350. The van der Waals surface area contributed by atoms with Crippen LogP contribution in [-0.4, -0.2) is 10.4 Å². The van der Waals surface area contributed by atoms with Gasteiger partial charge in [-0.05, 0) is 6.92 Å². The lowest BCUT2D eigenvalue weighted by atomic mass is 10.4. The monoisotopic (exact) mass is 132 g/mol. The molecule has 1 atom stereocenters. The van der Waals surface area contributed by atoms with Gasteiger partial charge in [-0.3, -0.25) is 0 Å². The van der Waals surface area contributed by atoms with Crippen molar-refractivity contribution in [1.29, 1.82) is 0 Å². The molecule has 1 unspecified atom stereocenters. The predicted molar refractivity (Wildman–Crippen MR) is 28.6 cm³/mol. The van der Waals surface area contributed by atoms with Crippen molar-refractivity contribution in [3.8, 4) is 0 Å². The zero-order valence-corrected chi connectivity index (χ0v) is 5.09. The van der Waals surface area contributed by atoms with Gasteiger partial charge in [0.05, 0.1) is 11.6 Å². The summed E-state index contributed by atoms with van der Waals surface area (Å²) < 4.78 is 4.60. The van der Waals surface area contributed by atoms with Crippen LogP contribution in [-0.2, 0) is 0 Å². The van der Waals surface area contributed by atoms with Crippen molar-refractivity contribution in [3.63, 3.8) is 0 Å². The molecule has 0 amide bonds. The van der Waals surface area contributed by atoms with E-state index >= 15 is 0 Å². The summed E-state index contributed by atoms with van der Waals surface area (Å²) in [5.41, 5.74) is 0. The summed E-state index contributed by atoms with van der Waals surface area (Å²) in [7, 11) is 0. The van der Waals surface area contributed by atoms with Gasteiger partial charge in [-0.25, -0.2) is 0 Å². The number of halogens is 1. The maximum absolute atomic E-state index is 5.57. The Hall–Kier alpha value is -0.570. The first-order chi connectivity index (χ1) is 3.80. The van der Waals surface area contributed by atoms with E-state index in [0.29, 0.717) is 5.76 Å². The van der Waals surface area contributed by atoms with Crippen LogP contribution in [0.4, 0.5) is 0 Å². The first-order valence-electron chi connectivity index (χ1n) is 2.22. The Morgan fingerprint density at radius 1 is 1.88 bits per heavy atom. The summed E-state index contributed by atoms with van der Waals surface area (Å²) in [4.78, 5) is 0. The van der Waals surface area contributed by atoms with E-state index in [-0.39, 0.29) is 5.38 Å². The Morgan fingerprint density at radius 3 is 2.88 bits per heavy atom. The van der Waals surface area contributed by atoms with Crippen LogP contribution in [0.3, 0.4) is 0 Å². The highest BCUT2D eigenvalue weighted by molar-refractivity contribution is 6.20. The standard InChI is InChI=1S/C4H5ClN2O/c1-3(5)4-2-6-7-8-4/h2-3H,1H3. The summed E-state index contributed by atoms with van der Waals surface area (Å²) in [5.74, 6) is 0.603. The number of rotatable bonds is 1. The highest BCUT2D eigenvalue weighted by atomic mass is 35.5. The Bertz CT molecular complexity index is 149. The molecule has 0 radical (unpaired) electrons. The summed E-state index contributed by atoms with van der Waals surface area (Å²) >= 11 is 5.57. The lowest BCUT2D eigenvalue weighted by molar-refractivity contribution is 0.362. The number of aromatic nitrogens is 2. The second kappa shape index (κ2) is 2.13. The molecule has 0 spiro atoms. The van der Waals surface area contributed by atoms with Crippen LogP contribution < -0.4 is 0 Å². The first kappa shape index (κ1) is 5.56. The summed E-state index contributed by atoms with van der Waals surface area (Å²) in [6.45, 7) is 1.80. The fraction of sp³-hybridized carbons (Fsp3) is 0.500. The second-order valence-electron chi connectivity index (χ2n) is 1.44. The smallest absolute Gasteiger partial charge is 0.174 e. The third-order valence-corrected chi connectivity index (χ3v) is 0.985.